The van der Waals surface area contributed by atoms with Gasteiger partial charge in [0.1, 0.15) is 5.15 Å². The molecule has 2 aromatic heterocycles. The van der Waals surface area contributed by atoms with Crippen LogP contribution in [0.25, 0.3) is 11.3 Å². The summed E-state index contributed by atoms with van der Waals surface area (Å²) in [6, 6.07) is 6.46. The Hall–Kier alpha value is -2.74. The number of rotatable bonds is 4. The zero-order chi connectivity index (χ0) is 27.3. The van der Waals surface area contributed by atoms with Crippen molar-refractivity contribution >= 4 is 23.7 Å². The van der Waals surface area contributed by atoms with Crippen LogP contribution in [0, 0.1) is 28.0 Å². The molecule has 2 N–H and O–H groups in total. The minimum absolute atomic E-state index is 0.00271. The Kier molecular flexibility index (Phi) is 7.18. The average molecular weight is 520 g/mol. The summed E-state index contributed by atoms with van der Waals surface area (Å²) in [7, 11) is 0. The Morgan fingerprint density at radius 3 is 2.31 bits per heavy atom. The first-order valence-electron chi connectivity index (χ1n) is 12.0. The second-order valence-corrected chi connectivity index (χ2v) is 12.4. The van der Waals surface area contributed by atoms with Crippen molar-refractivity contribution in [1.82, 2.24) is 14.9 Å². The largest absolute Gasteiger partial charge is 0.481 e. The van der Waals surface area contributed by atoms with Crippen LogP contribution in [0.3, 0.4) is 0 Å². The number of piperidine rings is 1. The summed E-state index contributed by atoms with van der Waals surface area (Å²) in [5.74, 6) is -2.48. The molecule has 0 saturated carbocycles. The number of hydrogen-bond donors (Lipinski definition) is 2. The van der Waals surface area contributed by atoms with Gasteiger partial charge in [0.2, 0.25) is 0 Å². The molecule has 1 fully saturated rings. The van der Waals surface area contributed by atoms with Crippen molar-refractivity contribution in [2.24, 2.45) is 22.2 Å². The van der Waals surface area contributed by atoms with Crippen molar-refractivity contribution in [1.29, 1.82) is 0 Å². The Morgan fingerprint density at radius 2 is 1.83 bits per heavy atom. The van der Waals surface area contributed by atoms with Gasteiger partial charge in [0.15, 0.2) is 5.82 Å². The van der Waals surface area contributed by atoms with E-state index in [1.54, 1.807) is 18.2 Å². The highest BCUT2D eigenvalue weighted by atomic mass is 35.5. The number of aliphatic carboxylic acids is 1. The molecule has 9 heteroatoms. The van der Waals surface area contributed by atoms with E-state index in [1.807, 2.05) is 48.5 Å². The van der Waals surface area contributed by atoms with Gasteiger partial charge in [-0.25, -0.2) is 14.2 Å². The Morgan fingerprint density at radius 1 is 1.19 bits per heavy atom. The minimum Gasteiger partial charge on any atom is -0.481 e. The summed E-state index contributed by atoms with van der Waals surface area (Å²) < 4.78 is 15.9. The van der Waals surface area contributed by atoms with Crippen LogP contribution < -0.4 is 0 Å². The molecule has 3 rings (SSSR count). The van der Waals surface area contributed by atoms with E-state index in [0.717, 1.165) is 0 Å². The zero-order valence-electron chi connectivity index (χ0n) is 21.9. The highest BCUT2D eigenvalue weighted by molar-refractivity contribution is 6.29. The lowest BCUT2D eigenvalue weighted by Crippen LogP contribution is -2.72. The number of amides is 1. The molecule has 2 aromatic rings. The topological polar surface area (TPSA) is 104 Å². The second-order valence-electron chi connectivity index (χ2n) is 12.0. The first-order chi connectivity index (χ1) is 16.5. The van der Waals surface area contributed by atoms with Gasteiger partial charge in [0.25, 0.3) is 0 Å². The smallest absolute Gasteiger partial charge is 0.407 e. The van der Waals surface area contributed by atoms with Crippen molar-refractivity contribution in [3.63, 3.8) is 0 Å². The van der Waals surface area contributed by atoms with Crippen LogP contribution in [0.4, 0.5) is 9.18 Å². The van der Waals surface area contributed by atoms with Gasteiger partial charge < -0.3 is 15.1 Å². The van der Waals surface area contributed by atoms with Crippen LogP contribution in [0.1, 0.15) is 60.6 Å². The summed E-state index contributed by atoms with van der Waals surface area (Å²) >= 11 is 6.30. The van der Waals surface area contributed by atoms with Crippen molar-refractivity contribution in [2.75, 3.05) is 6.54 Å². The third-order valence-electron chi connectivity index (χ3n) is 7.92. The first kappa shape index (κ1) is 27.8. The van der Waals surface area contributed by atoms with E-state index in [0.29, 0.717) is 5.69 Å². The average Bonchev–Trinajstić information content (AvgIpc) is 2.74. The van der Waals surface area contributed by atoms with Gasteiger partial charge in [-0.3, -0.25) is 9.78 Å². The number of halogens is 2. The van der Waals surface area contributed by atoms with Crippen LogP contribution in [0.15, 0.2) is 30.5 Å². The molecule has 0 aliphatic carbocycles. The number of carboxylic acids is 1. The van der Waals surface area contributed by atoms with Crippen LogP contribution in [-0.2, 0) is 11.2 Å². The van der Waals surface area contributed by atoms with E-state index in [2.05, 4.69) is 9.97 Å². The summed E-state index contributed by atoms with van der Waals surface area (Å²) in [6.45, 7) is 13.3. The van der Waals surface area contributed by atoms with Gasteiger partial charge in [0.05, 0.1) is 22.3 Å². The predicted octanol–water partition coefficient (Wildman–Crippen LogP) is 6.40. The van der Waals surface area contributed by atoms with Gasteiger partial charge in [-0.2, -0.15) is 0 Å². The highest BCUT2D eigenvalue weighted by Crippen LogP contribution is 2.60. The van der Waals surface area contributed by atoms with Crippen LogP contribution in [0.2, 0.25) is 5.15 Å². The van der Waals surface area contributed by atoms with Gasteiger partial charge in [0, 0.05) is 30.6 Å². The molecule has 0 bridgehead atoms. The third kappa shape index (κ3) is 4.56. The van der Waals surface area contributed by atoms with Crippen LogP contribution in [0.5, 0.6) is 0 Å². The first-order valence-corrected chi connectivity index (χ1v) is 12.3. The SMILES string of the molecule is CC(C)(C)C1[C@@](Cc2nc(Cl)cc(-c3ccccn3)c2F)(C(=O)O)CCN(C(=O)O)[C@@]1(C)C(C)(C)C. The van der Waals surface area contributed by atoms with Crippen LogP contribution >= 0.6 is 11.6 Å². The predicted molar refractivity (Wildman–Crippen MR) is 136 cm³/mol. The van der Waals surface area contributed by atoms with E-state index >= 15 is 4.39 Å². The number of carboxylic acid groups (broad SMARTS) is 2. The van der Waals surface area contributed by atoms with Gasteiger partial charge in [-0.15, -0.1) is 0 Å². The van der Waals surface area contributed by atoms with Crippen LogP contribution in [-0.4, -0.2) is 49.2 Å². The number of aromatic nitrogens is 2. The lowest BCUT2D eigenvalue weighted by molar-refractivity contribution is -0.188. The molecule has 1 saturated heterocycles. The molecular weight excluding hydrogens is 485 g/mol. The maximum Gasteiger partial charge on any atom is 0.407 e. The molecule has 1 amide bonds. The van der Waals surface area contributed by atoms with E-state index in [9.17, 15) is 19.8 Å². The number of likely N-dealkylation sites (tertiary alicyclic amines) is 1. The summed E-state index contributed by atoms with van der Waals surface area (Å²) in [5.41, 5.74) is -3.46. The van der Waals surface area contributed by atoms with Crippen molar-refractivity contribution in [3.05, 3.63) is 47.1 Å². The van der Waals surface area contributed by atoms with Crippen molar-refractivity contribution in [3.8, 4) is 11.3 Å². The van der Waals surface area contributed by atoms with Crippen molar-refractivity contribution in [2.45, 2.75) is 66.8 Å². The molecule has 0 aromatic carbocycles. The Bertz CT molecular complexity index is 1160. The normalized spacial score (nSPS) is 25.0. The van der Waals surface area contributed by atoms with Gasteiger partial charge in [-0.1, -0.05) is 59.2 Å². The number of pyridine rings is 2. The standard InChI is InChI=1S/C27H35ClFN3O4/c1-24(2,3)21-26(7,25(4,5)6)32(23(35)36)13-11-27(21,22(33)34)15-18-20(29)16(14-19(28)31-18)17-10-8-9-12-30-17/h8-10,12,14,21H,11,13,15H2,1-7H3,(H,33,34)(H,35,36)/t21?,26-,27-/m1/s1. The molecule has 1 unspecified atom stereocenters. The third-order valence-corrected chi connectivity index (χ3v) is 8.11. The summed E-state index contributed by atoms with van der Waals surface area (Å²) in [4.78, 5) is 35.4. The highest BCUT2D eigenvalue weighted by Gasteiger charge is 2.66. The lowest BCUT2D eigenvalue weighted by atomic mass is 9.47. The number of carbonyl (C=O) groups is 2. The lowest BCUT2D eigenvalue weighted by Gasteiger charge is -2.64. The van der Waals surface area contributed by atoms with E-state index in [-0.39, 0.29) is 35.8 Å². The molecule has 0 spiro atoms. The molecule has 1 aliphatic heterocycles. The van der Waals surface area contributed by atoms with Gasteiger partial charge in [-0.05, 0) is 42.4 Å². The fourth-order valence-corrected chi connectivity index (χ4v) is 6.57. The molecule has 7 nitrogen and oxygen atoms in total. The zero-order valence-corrected chi connectivity index (χ0v) is 22.6. The minimum atomic E-state index is -1.51. The maximum absolute atomic E-state index is 15.9. The Labute approximate surface area is 216 Å². The van der Waals surface area contributed by atoms with Crippen molar-refractivity contribution < 1.29 is 24.2 Å². The van der Waals surface area contributed by atoms with E-state index < -0.39 is 45.6 Å². The fraction of sp³-hybridized carbons (Fsp3) is 0.556. The van der Waals surface area contributed by atoms with E-state index in [4.69, 9.17) is 11.6 Å². The molecular formula is C27H35ClFN3O4. The second kappa shape index (κ2) is 9.29. The Balaban J connectivity index is 2.29. The molecule has 1 aliphatic rings. The summed E-state index contributed by atoms with van der Waals surface area (Å²) in [6.07, 6.45) is 0.197. The quantitative estimate of drug-likeness (QED) is 0.453. The molecule has 0 radical (unpaired) electrons. The number of nitrogens with zero attached hydrogens (tertiary/aromatic N) is 3. The monoisotopic (exact) mass is 519 g/mol. The molecule has 36 heavy (non-hydrogen) atoms. The summed E-state index contributed by atoms with van der Waals surface area (Å²) in [5, 5.41) is 21.0. The molecule has 196 valence electrons. The van der Waals surface area contributed by atoms with Gasteiger partial charge >= 0.3 is 12.1 Å². The number of hydrogen-bond acceptors (Lipinski definition) is 4. The fourth-order valence-electron chi connectivity index (χ4n) is 6.36. The maximum atomic E-state index is 15.9. The molecule has 3 atom stereocenters. The van der Waals surface area contributed by atoms with E-state index in [1.165, 1.54) is 17.2 Å². The molecule has 3 heterocycles.